The third-order valence-electron chi connectivity index (χ3n) is 6.96. The van der Waals surface area contributed by atoms with Crippen LogP contribution in [0.25, 0.3) is 10.9 Å². The summed E-state index contributed by atoms with van der Waals surface area (Å²) in [6.07, 6.45) is 0. The van der Waals surface area contributed by atoms with Crippen molar-refractivity contribution in [3.8, 4) is 5.75 Å². The second-order valence-electron chi connectivity index (χ2n) is 10.3. The lowest BCUT2D eigenvalue weighted by Gasteiger charge is -2.22. The molecule has 12 heteroatoms. The Hall–Kier alpha value is -4.05. The van der Waals surface area contributed by atoms with Crippen molar-refractivity contribution >= 4 is 75.7 Å². The first kappa shape index (κ1) is 34.4. The maximum absolute atomic E-state index is 13.0. The molecule has 0 saturated heterocycles. The molecule has 44 heavy (non-hydrogen) atoms. The number of ether oxygens (including phenoxy) is 1. The summed E-state index contributed by atoms with van der Waals surface area (Å²) in [6.45, 7) is 5.49. The molecule has 1 heterocycles. The summed E-state index contributed by atoms with van der Waals surface area (Å²) >= 11 is 13.2. The van der Waals surface area contributed by atoms with Crippen molar-refractivity contribution in [3.63, 3.8) is 0 Å². The van der Waals surface area contributed by atoms with Gasteiger partial charge in [-0.25, -0.2) is 9.78 Å². The van der Waals surface area contributed by atoms with Gasteiger partial charge in [0.2, 0.25) is 5.91 Å². The van der Waals surface area contributed by atoms with Crippen LogP contribution in [0.3, 0.4) is 0 Å². The van der Waals surface area contributed by atoms with E-state index >= 15 is 0 Å². The monoisotopic (exact) mass is 657 g/mol. The Bertz CT molecular complexity index is 1680. The molecule has 0 aliphatic carbocycles. The van der Waals surface area contributed by atoms with Gasteiger partial charge < -0.3 is 25.2 Å². The van der Waals surface area contributed by atoms with Crippen LogP contribution in [0, 0.1) is 6.92 Å². The maximum atomic E-state index is 13.0. The number of halogens is 3. The molecule has 0 atom stereocenters. The van der Waals surface area contributed by atoms with Gasteiger partial charge in [0.15, 0.2) is 0 Å². The molecule has 3 aromatic carbocycles. The number of carbonyl (C=O) groups excluding carboxylic acids is 3. The van der Waals surface area contributed by atoms with Gasteiger partial charge in [-0.3, -0.25) is 9.59 Å². The van der Waals surface area contributed by atoms with Crippen LogP contribution in [0.4, 0.5) is 16.2 Å². The highest BCUT2D eigenvalue weighted by atomic mass is 35.5. The van der Waals surface area contributed by atoms with Gasteiger partial charge in [0, 0.05) is 53.1 Å². The fraction of sp³-hybridized carbons (Fsp3) is 0.250. The molecule has 0 radical (unpaired) electrons. The zero-order chi connectivity index (χ0) is 31.3. The molecule has 4 rings (SSSR count). The number of nitrogens with zero attached hydrogens (tertiary/aromatic N) is 3. The summed E-state index contributed by atoms with van der Waals surface area (Å²) in [5, 5.41) is 6.79. The second-order valence-corrected chi connectivity index (χ2v) is 11.1. The van der Waals surface area contributed by atoms with Gasteiger partial charge in [-0.1, -0.05) is 47.5 Å². The van der Waals surface area contributed by atoms with Crippen LogP contribution in [-0.2, 0) is 11.4 Å². The van der Waals surface area contributed by atoms with Crippen LogP contribution in [0.5, 0.6) is 5.75 Å². The van der Waals surface area contributed by atoms with E-state index in [1.165, 1.54) is 4.90 Å². The predicted molar refractivity (Wildman–Crippen MR) is 179 cm³/mol. The Labute approximate surface area is 272 Å². The highest BCUT2D eigenvalue weighted by molar-refractivity contribution is 6.38. The second kappa shape index (κ2) is 15.1. The van der Waals surface area contributed by atoms with Crippen molar-refractivity contribution in [3.05, 3.63) is 93.6 Å². The van der Waals surface area contributed by atoms with Crippen molar-refractivity contribution in [2.75, 3.05) is 30.9 Å². The third-order valence-corrected chi connectivity index (χ3v) is 7.73. The Balaban J connectivity index is 0.00000529. The van der Waals surface area contributed by atoms with Crippen LogP contribution in [-0.4, -0.2) is 54.4 Å². The number of nitrogens with one attached hydrogen (secondary N) is 2. The quantitative estimate of drug-likeness (QED) is 0.199. The summed E-state index contributed by atoms with van der Waals surface area (Å²) in [4.78, 5) is 45.7. The number of hydrogen-bond acceptors (Lipinski definition) is 5. The number of urea groups is 1. The van der Waals surface area contributed by atoms with E-state index in [0.717, 1.165) is 16.6 Å². The van der Waals surface area contributed by atoms with Gasteiger partial charge in [-0.05, 0) is 63.2 Å². The number of carbonyl (C=O) groups is 3. The summed E-state index contributed by atoms with van der Waals surface area (Å²) in [5.41, 5.74) is 3.36. The lowest BCUT2D eigenvalue weighted by atomic mass is 10.1. The molecule has 4 amide bonds. The van der Waals surface area contributed by atoms with Crippen LogP contribution >= 0.6 is 35.6 Å². The zero-order valence-corrected chi connectivity index (χ0v) is 27.3. The maximum Gasteiger partial charge on any atom is 0.319 e. The molecular formula is C32H34Cl3N5O4. The molecule has 0 aliphatic rings. The molecule has 0 unspecified atom stereocenters. The van der Waals surface area contributed by atoms with E-state index < -0.39 is 11.9 Å². The molecule has 9 nitrogen and oxygen atoms in total. The highest BCUT2D eigenvalue weighted by Crippen LogP contribution is 2.35. The van der Waals surface area contributed by atoms with Crippen molar-refractivity contribution in [1.29, 1.82) is 0 Å². The van der Waals surface area contributed by atoms with E-state index in [4.69, 9.17) is 27.9 Å². The van der Waals surface area contributed by atoms with E-state index in [-0.39, 0.29) is 42.5 Å². The first-order valence-corrected chi connectivity index (χ1v) is 14.4. The normalized spacial score (nSPS) is 10.6. The minimum absolute atomic E-state index is 0. The molecule has 232 valence electrons. The van der Waals surface area contributed by atoms with E-state index in [0.29, 0.717) is 33.3 Å². The standard InChI is InChI=1S/C32H33Cl2N5O4.ClH/c1-19(2)38(4)31(41)22-9-6-10-23(16-22)37-32(42)35-17-28(40)39(5)26-15-14-25(33)24(29(26)34)18-43-27-11-7-8-21-13-12-20(3)36-30(21)27;/h6-16,19H,17-18H2,1-5H3,(H2,35,37,42);1H. The molecule has 0 aliphatic heterocycles. The number of likely N-dealkylation sites (N-methyl/N-ethyl adjacent to an activating group) is 1. The number of amides is 4. The van der Waals surface area contributed by atoms with Crippen molar-refractivity contribution in [2.45, 2.75) is 33.4 Å². The molecule has 4 aromatic rings. The SMILES string of the molecule is Cc1ccc2cccc(OCc3c(Cl)ccc(N(C)C(=O)CNC(=O)Nc4cccc(C(=O)N(C)C(C)C)c4)c3Cl)c2n1.Cl. The smallest absolute Gasteiger partial charge is 0.319 e. The fourth-order valence-electron chi connectivity index (χ4n) is 4.21. The van der Waals surface area contributed by atoms with E-state index in [2.05, 4.69) is 15.6 Å². The number of anilines is 2. The molecule has 1 aromatic heterocycles. The van der Waals surface area contributed by atoms with Crippen LogP contribution in [0.2, 0.25) is 10.0 Å². The number of para-hydroxylation sites is 1. The van der Waals surface area contributed by atoms with Crippen LogP contribution in [0.15, 0.2) is 66.7 Å². The average molecular weight is 659 g/mol. The summed E-state index contributed by atoms with van der Waals surface area (Å²) in [5.74, 6) is 0.00652. The van der Waals surface area contributed by atoms with Gasteiger partial charge in [0.1, 0.15) is 17.9 Å². The number of pyridine rings is 1. The van der Waals surface area contributed by atoms with Gasteiger partial charge in [-0.15, -0.1) is 12.4 Å². The van der Waals surface area contributed by atoms with Gasteiger partial charge >= 0.3 is 6.03 Å². The molecule has 0 fully saturated rings. The lowest BCUT2D eigenvalue weighted by molar-refractivity contribution is -0.117. The van der Waals surface area contributed by atoms with Gasteiger partial charge in [0.05, 0.1) is 17.3 Å². The summed E-state index contributed by atoms with van der Waals surface area (Å²) in [7, 11) is 3.27. The minimum atomic E-state index is -0.598. The predicted octanol–water partition coefficient (Wildman–Crippen LogP) is 7.12. The Morgan fingerprint density at radius 1 is 0.977 bits per heavy atom. The number of fused-ring (bicyclic) bond motifs is 1. The van der Waals surface area contributed by atoms with Crippen molar-refractivity contribution in [1.82, 2.24) is 15.2 Å². The first-order valence-electron chi connectivity index (χ1n) is 13.6. The molecule has 0 saturated carbocycles. The topological polar surface area (TPSA) is 104 Å². The molecule has 0 bridgehead atoms. The third kappa shape index (κ3) is 8.11. The van der Waals surface area contributed by atoms with E-state index in [1.54, 1.807) is 55.4 Å². The van der Waals surface area contributed by atoms with E-state index in [1.807, 2.05) is 51.1 Å². The van der Waals surface area contributed by atoms with Crippen LogP contribution in [0.1, 0.15) is 35.5 Å². The fourth-order valence-corrected chi connectivity index (χ4v) is 4.82. The number of benzene rings is 3. The Kier molecular flexibility index (Phi) is 11.8. The zero-order valence-electron chi connectivity index (χ0n) is 25.0. The average Bonchev–Trinajstić information content (AvgIpc) is 2.98. The van der Waals surface area contributed by atoms with Gasteiger partial charge in [0.25, 0.3) is 5.91 Å². The Morgan fingerprint density at radius 2 is 1.70 bits per heavy atom. The molecular weight excluding hydrogens is 625 g/mol. The molecule has 2 N–H and O–H groups in total. The number of hydrogen-bond donors (Lipinski definition) is 2. The van der Waals surface area contributed by atoms with Crippen molar-refractivity contribution < 1.29 is 19.1 Å². The van der Waals surface area contributed by atoms with Crippen LogP contribution < -0.4 is 20.3 Å². The summed E-state index contributed by atoms with van der Waals surface area (Å²) in [6, 6.07) is 18.9. The van der Waals surface area contributed by atoms with E-state index in [9.17, 15) is 14.4 Å². The van der Waals surface area contributed by atoms with Gasteiger partial charge in [-0.2, -0.15) is 0 Å². The number of rotatable bonds is 9. The first-order chi connectivity index (χ1) is 20.5. The molecule has 0 spiro atoms. The largest absolute Gasteiger partial charge is 0.487 e. The number of aromatic nitrogens is 1. The Morgan fingerprint density at radius 3 is 2.43 bits per heavy atom. The minimum Gasteiger partial charge on any atom is -0.487 e. The number of aryl methyl sites for hydroxylation is 1. The van der Waals surface area contributed by atoms with Crippen molar-refractivity contribution in [2.24, 2.45) is 0 Å². The summed E-state index contributed by atoms with van der Waals surface area (Å²) < 4.78 is 6.08. The lowest BCUT2D eigenvalue weighted by Crippen LogP contribution is -2.40. The highest BCUT2D eigenvalue weighted by Gasteiger charge is 2.20.